The SMILES string of the molecule is Nc1ccnc(Nc2c(F)cccc2Cl)c1. The maximum absolute atomic E-state index is 13.4. The molecule has 0 atom stereocenters. The lowest BCUT2D eigenvalue weighted by Gasteiger charge is -2.08. The summed E-state index contributed by atoms with van der Waals surface area (Å²) in [7, 11) is 0. The van der Waals surface area contributed by atoms with E-state index in [-0.39, 0.29) is 5.69 Å². The molecule has 0 bridgehead atoms. The number of hydrogen-bond acceptors (Lipinski definition) is 3. The van der Waals surface area contributed by atoms with Gasteiger partial charge in [-0.05, 0) is 18.2 Å². The number of halogens is 2. The molecule has 0 unspecified atom stereocenters. The van der Waals surface area contributed by atoms with Gasteiger partial charge in [-0.25, -0.2) is 9.37 Å². The van der Waals surface area contributed by atoms with Crippen LogP contribution in [0.2, 0.25) is 5.02 Å². The molecule has 0 radical (unpaired) electrons. The summed E-state index contributed by atoms with van der Waals surface area (Å²) >= 11 is 5.86. The molecule has 1 aromatic heterocycles. The molecule has 0 aliphatic heterocycles. The summed E-state index contributed by atoms with van der Waals surface area (Å²) in [6.07, 6.45) is 1.53. The molecule has 0 amide bonds. The van der Waals surface area contributed by atoms with Crippen molar-refractivity contribution in [3.63, 3.8) is 0 Å². The molecule has 16 heavy (non-hydrogen) atoms. The summed E-state index contributed by atoms with van der Waals surface area (Å²) in [4.78, 5) is 4.00. The van der Waals surface area contributed by atoms with Crippen LogP contribution in [0.4, 0.5) is 21.6 Å². The van der Waals surface area contributed by atoms with Gasteiger partial charge in [0.05, 0.1) is 10.7 Å². The zero-order chi connectivity index (χ0) is 11.5. The first-order chi connectivity index (χ1) is 7.66. The van der Waals surface area contributed by atoms with Crippen LogP contribution in [0.5, 0.6) is 0 Å². The van der Waals surface area contributed by atoms with Crippen LogP contribution in [0, 0.1) is 5.82 Å². The molecule has 0 fully saturated rings. The normalized spacial score (nSPS) is 10.1. The van der Waals surface area contributed by atoms with E-state index in [9.17, 15) is 4.39 Å². The number of benzene rings is 1. The summed E-state index contributed by atoms with van der Waals surface area (Å²) in [5, 5.41) is 3.08. The Morgan fingerprint density at radius 3 is 2.81 bits per heavy atom. The molecule has 0 spiro atoms. The summed E-state index contributed by atoms with van der Waals surface area (Å²) in [5.41, 5.74) is 6.32. The van der Waals surface area contributed by atoms with Gasteiger partial charge in [0.1, 0.15) is 11.6 Å². The smallest absolute Gasteiger partial charge is 0.148 e. The van der Waals surface area contributed by atoms with Gasteiger partial charge in [-0.3, -0.25) is 0 Å². The van der Waals surface area contributed by atoms with Gasteiger partial charge in [-0.2, -0.15) is 0 Å². The predicted octanol–water partition coefficient (Wildman–Crippen LogP) is 3.20. The van der Waals surface area contributed by atoms with Gasteiger partial charge in [-0.1, -0.05) is 17.7 Å². The van der Waals surface area contributed by atoms with E-state index in [1.165, 1.54) is 18.3 Å². The average Bonchev–Trinajstić information content (AvgIpc) is 2.24. The second kappa shape index (κ2) is 4.37. The Kier molecular flexibility index (Phi) is 2.92. The molecule has 1 heterocycles. The number of para-hydroxylation sites is 1. The van der Waals surface area contributed by atoms with Crippen molar-refractivity contribution in [1.29, 1.82) is 0 Å². The minimum Gasteiger partial charge on any atom is -0.399 e. The third-order valence-electron chi connectivity index (χ3n) is 2.00. The van der Waals surface area contributed by atoms with Gasteiger partial charge >= 0.3 is 0 Å². The third kappa shape index (κ3) is 2.23. The molecule has 5 heteroatoms. The fraction of sp³-hybridized carbons (Fsp3) is 0. The molecule has 0 saturated carbocycles. The van der Waals surface area contributed by atoms with Gasteiger partial charge in [0, 0.05) is 18.0 Å². The highest BCUT2D eigenvalue weighted by Gasteiger charge is 2.07. The molecule has 0 aliphatic rings. The Labute approximate surface area is 97.1 Å². The van der Waals surface area contributed by atoms with E-state index in [0.717, 1.165) is 0 Å². The Morgan fingerprint density at radius 2 is 2.12 bits per heavy atom. The zero-order valence-corrected chi connectivity index (χ0v) is 9.00. The lowest BCUT2D eigenvalue weighted by Crippen LogP contribution is -1.98. The molecule has 2 rings (SSSR count). The van der Waals surface area contributed by atoms with Crippen LogP contribution < -0.4 is 11.1 Å². The Hall–Kier alpha value is -1.81. The molecule has 2 aromatic rings. The van der Waals surface area contributed by atoms with Crippen molar-refractivity contribution in [1.82, 2.24) is 4.98 Å². The second-order valence-electron chi connectivity index (χ2n) is 3.20. The van der Waals surface area contributed by atoms with E-state index in [4.69, 9.17) is 17.3 Å². The topological polar surface area (TPSA) is 50.9 Å². The van der Waals surface area contributed by atoms with Crippen molar-refractivity contribution in [2.75, 3.05) is 11.1 Å². The van der Waals surface area contributed by atoms with Crippen molar-refractivity contribution in [3.8, 4) is 0 Å². The first kappa shape index (κ1) is 10.7. The van der Waals surface area contributed by atoms with Gasteiger partial charge < -0.3 is 11.1 Å². The molecule has 82 valence electrons. The highest BCUT2D eigenvalue weighted by molar-refractivity contribution is 6.33. The van der Waals surface area contributed by atoms with Crippen molar-refractivity contribution in [3.05, 3.63) is 47.4 Å². The maximum atomic E-state index is 13.4. The number of nitrogens with zero attached hydrogens (tertiary/aromatic N) is 1. The third-order valence-corrected chi connectivity index (χ3v) is 2.31. The summed E-state index contributed by atoms with van der Waals surface area (Å²) < 4.78 is 13.4. The quantitative estimate of drug-likeness (QED) is 0.843. The van der Waals surface area contributed by atoms with E-state index in [1.807, 2.05) is 0 Å². The van der Waals surface area contributed by atoms with Gasteiger partial charge in [0.2, 0.25) is 0 Å². The van der Waals surface area contributed by atoms with Crippen molar-refractivity contribution in [2.45, 2.75) is 0 Å². The predicted molar refractivity (Wildman–Crippen MR) is 63.3 cm³/mol. The molecular weight excluding hydrogens is 229 g/mol. The number of hydrogen-bond donors (Lipinski definition) is 2. The first-order valence-electron chi connectivity index (χ1n) is 4.59. The van der Waals surface area contributed by atoms with Crippen molar-refractivity contribution >= 4 is 28.8 Å². The van der Waals surface area contributed by atoms with Crippen LogP contribution in [0.25, 0.3) is 0 Å². The first-order valence-corrected chi connectivity index (χ1v) is 4.97. The summed E-state index contributed by atoms with van der Waals surface area (Å²) in [6.45, 7) is 0. The highest BCUT2D eigenvalue weighted by atomic mass is 35.5. The highest BCUT2D eigenvalue weighted by Crippen LogP contribution is 2.27. The van der Waals surface area contributed by atoms with E-state index in [1.54, 1.807) is 18.2 Å². The second-order valence-corrected chi connectivity index (χ2v) is 3.60. The van der Waals surface area contributed by atoms with Crippen molar-refractivity contribution in [2.24, 2.45) is 0 Å². The van der Waals surface area contributed by atoms with Gasteiger partial charge in [0.15, 0.2) is 0 Å². The monoisotopic (exact) mass is 237 g/mol. The minimum absolute atomic E-state index is 0.197. The molecule has 1 aromatic carbocycles. The fourth-order valence-corrected chi connectivity index (χ4v) is 1.47. The molecular formula is C11H9ClFN3. The molecule has 0 aliphatic carbocycles. The molecule has 3 nitrogen and oxygen atoms in total. The van der Waals surface area contributed by atoms with Crippen LogP contribution in [0.1, 0.15) is 0 Å². The Bertz CT molecular complexity index is 496. The van der Waals surface area contributed by atoms with Crippen LogP contribution in [0.3, 0.4) is 0 Å². The van der Waals surface area contributed by atoms with Crippen molar-refractivity contribution < 1.29 is 4.39 Å². The van der Waals surface area contributed by atoms with E-state index in [2.05, 4.69) is 10.3 Å². The number of anilines is 3. The Balaban J connectivity index is 2.34. The van der Waals surface area contributed by atoms with Crippen LogP contribution in [-0.2, 0) is 0 Å². The lowest BCUT2D eigenvalue weighted by molar-refractivity contribution is 0.632. The van der Waals surface area contributed by atoms with Crippen LogP contribution in [-0.4, -0.2) is 4.98 Å². The molecule has 0 saturated heterocycles. The number of nitrogens with two attached hydrogens (primary N) is 1. The summed E-state index contributed by atoms with van der Waals surface area (Å²) in [6, 6.07) is 7.70. The van der Waals surface area contributed by atoms with Crippen LogP contribution >= 0.6 is 11.6 Å². The number of nitrogen functional groups attached to an aromatic ring is 1. The minimum atomic E-state index is -0.434. The summed E-state index contributed by atoms with van der Waals surface area (Å²) in [5.74, 6) is 0.0173. The average molecular weight is 238 g/mol. The zero-order valence-electron chi connectivity index (χ0n) is 8.24. The maximum Gasteiger partial charge on any atom is 0.148 e. The molecule has 3 N–H and O–H groups in total. The van der Waals surface area contributed by atoms with Gasteiger partial charge in [0.25, 0.3) is 0 Å². The Morgan fingerprint density at radius 1 is 1.31 bits per heavy atom. The number of rotatable bonds is 2. The standard InChI is InChI=1S/C11H9ClFN3/c12-8-2-1-3-9(13)11(8)16-10-6-7(14)4-5-15-10/h1-6H,(H3,14,15,16). The van der Waals surface area contributed by atoms with Gasteiger partial charge in [-0.15, -0.1) is 0 Å². The fourth-order valence-electron chi connectivity index (χ4n) is 1.26. The lowest BCUT2D eigenvalue weighted by atomic mass is 10.3. The number of nitrogens with one attached hydrogen (secondary N) is 1. The van der Waals surface area contributed by atoms with E-state index >= 15 is 0 Å². The van der Waals surface area contributed by atoms with Crippen LogP contribution in [0.15, 0.2) is 36.5 Å². The van der Waals surface area contributed by atoms with E-state index < -0.39 is 5.82 Å². The number of aromatic nitrogens is 1. The largest absolute Gasteiger partial charge is 0.399 e. The number of pyridine rings is 1. The van der Waals surface area contributed by atoms with E-state index in [0.29, 0.717) is 16.5 Å².